The number of rotatable bonds is 8. The third kappa shape index (κ3) is 7.38. The highest BCUT2D eigenvalue weighted by atomic mass is 32.2. The van der Waals surface area contributed by atoms with Gasteiger partial charge in [0.1, 0.15) is 6.67 Å². The second-order valence-corrected chi connectivity index (χ2v) is 9.63. The minimum atomic E-state index is -5.71. The molecule has 0 spiro atoms. The van der Waals surface area contributed by atoms with Crippen molar-refractivity contribution in [3.63, 3.8) is 0 Å². The minimum Gasteiger partial charge on any atom is -0.338 e. The smallest absolute Gasteiger partial charge is 0.338 e. The highest BCUT2D eigenvalue weighted by molar-refractivity contribution is 7.87. The summed E-state index contributed by atoms with van der Waals surface area (Å²) in [5, 5.41) is 6.74. The van der Waals surface area contributed by atoms with Crippen LogP contribution in [0.1, 0.15) is 74.6 Å². The first-order chi connectivity index (χ1) is 14.8. The fourth-order valence-electron chi connectivity index (χ4n) is 1.69. The van der Waals surface area contributed by atoms with Crippen LogP contribution in [-0.2, 0) is 25.1 Å². The van der Waals surface area contributed by atoms with Crippen molar-refractivity contribution in [2.45, 2.75) is 57.9 Å². The number of Topliss-reactive ketones (excluding diaryl/α,β-unsaturated/α-hetero) is 2. The Balaban J connectivity index is 0.000000361. The number of hydrogen-bond donors (Lipinski definition) is 0. The molecule has 16 heteroatoms. The summed E-state index contributed by atoms with van der Waals surface area (Å²) in [7, 11) is -5.71. The minimum absolute atomic E-state index is 0.00322. The first-order valence-electron chi connectivity index (χ1n) is 9.06. The zero-order chi connectivity index (χ0) is 25.8. The van der Waals surface area contributed by atoms with E-state index in [1.807, 2.05) is 0 Å². The second kappa shape index (κ2) is 10.0. The van der Waals surface area contributed by atoms with E-state index < -0.39 is 45.5 Å². The Morgan fingerprint density at radius 2 is 1.27 bits per heavy atom. The molecule has 0 unspecified atom stereocenters. The summed E-state index contributed by atoms with van der Waals surface area (Å²) in [5.41, 5.74) is -7.65. The molecule has 0 aliphatic carbocycles. The number of alkyl halides is 4. The molecule has 2 aromatic rings. The Morgan fingerprint density at radius 3 is 1.58 bits per heavy atom. The third-order valence-electron chi connectivity index (χ3n) is 3.83. The first kappa shape index (κ1) is 28.3. The van der Waals surface area contributed by atoms with E-state index in [1.54, 1.807) is 13.8 Å². The van der Waals surface area contributed by atoms with E-state index in [-0.39, 0.29) is 29.2 Å². The summed E-state index contributed by atoms with van der Waals surface area (Å²) in [5.74, 6) is -1.10. The fraction of sp³-hybridized carbons (Fsp3) is 0.647. The van der Waals surface area contributed by atoms with E-state index >= 15 is 0 Å². The van der Waals surface area contributed by atoms with Gasteiger partial charge in [0, 0.05) is 13.8 Å². The van der Waals surface area contributed by atoms with Gasteiger partial charge in [-0.3, -0.25) is 13.8 Å². The van der Waals surface area contributed by atoms with Gasteiger partial charge >= 0.3 is 15.6 Å². The number of nitrogens with zero attached hydrogens (tertiary/aromatic N) is 4. The molecule has 2 aromatic heterocycles. The molecule has 0 bridgehead atoms. The molecule has 0 fully saturated rings. The van der Waals surface area contributed by atoms with Crippen LogP contribution in [0, 0.1) is 0 Å². The molecule has 0 aliphatic heterocycles. The lowest BCUT2D eigenvalue weighted by atomic mass is 9.95. The molecule has 0 aliphatic rings. The maximum Gasteiger partial charge on any atom is 0.523 e. The summed E-state index contributed by atoms with van der Waals surface area (Å²) in [4.78, 5) is 29.2. The van der Waals surface area contributed by atoms with Gasteiger partial charge in [0.05, 0.1) is 17.4 Å². The lowest BCUT2D eigenvalue weighted by molar-refractivity contribution is -0.0554. The van der Waals surface area contributed by atoms with E-state index in [0.29, 0.717) is 0 Å². The highest BCUT2D eigenvalue weighted by Crippen LogP contribution is 2.28. The maximum atomic E-state index is 12.5. The lowest BCUT2D eigenvalue weighted by Gasteiger charge is -2.19. The van der Waals surface area contributed by atoms with E-state index in [4.69, 9.17) is 9.05 Å². The standard InChI is InChI=1S/C9H11F3N2O5S.C8H11FN2O2/c1-5(15)6-13-7(19-14-6)8(2,3)4-18-20(16,17)9(10,11)12;1-5(12)6-10-7(13-11-6)8(2,3)4-9/h4H2,1-3H3;4H2,1-3H3. The SMILES string of the molecule is CC(=O)c1noc(C(C)(C)CF)n1.CC(=O)c1noc(C(C)(C)COS(=O)(=O)C(F)(F)F)n1. The van der Waals surface area contributed by atoms with Crippen LogP contribution < -0.4 is 0 Å². The average molecular weight is 502 g/mol. The van der Waals surface area contributed by atoms with Crippen molar-refractivity contribution in [2.75, 3.05) is 13.3 Å². The third-order valence-corrected chi connectivity index (χ3v) is 4.83. The Kier molecular flexibility index (Phi) is 8.59. The predicted molar refractivity (Wildman–Crippen MR) is 102 cm³/mol. The van der Waals surface area contributed by atoms with Gasteiger partial charge in [0.2, 0.25) is 35.0 Å². The molecule has 33 heavy (non-hydrogen) atoms. The van der Waals surface area contributed by atoms with Gasteiger partial charge in [0.25, 0.3) is 0 Å². The average Bonchev–Trinajstić information content (AvgIpc) is 3.36. The monoisotopic (exact) mass is 502 g/mol. The maximum absolute atomic E-state index is 12.5. The van der Waals surface area contributed by atoms with Crippen LogP contribution in [0.4, 0.5) is 17.6 Å². The van der Waals surface area contributed by atoms with Crippen molar-refractivity contribution in [3.05, 3.63) is 23.4 Å². The summed E-state index contributed by atoms with van der Waals surface area (Å²) in [6, 6.07) is 0. The number of ketones is 2. The Labute approximate surface area is 186 Å². The molecule has 11 nitrogen and oxygen atoms in total. The van der Waals surface area contributed by atoms with Crippen LogP contribution in [0.15, 0.2) is 9.05 Å². The molecule has 0 saturated carbocycles. The van der Waals surface area contributed by atoms with Gasteiger partial charge in [-0.25, -0.2) is 4.39 Å². The van der Waals surface area contributed by atoms with Gasteiger partial charge in [-0.2, -0.15) is 31.6 Å². The Bertz CT molecular complexity index is 1090. The Morgan fingerprint density at radius 1 is 0.879 bits per heavy atom. The van der Waals surface area contributed by atoms with Gasteiger partial charge in [-0.15, -0.1) is 0 Å². The lowest BCUT2D eigenvalue weighted by Crippen LogP contribution is -2.32. The van der Waals surface area contributed by atoms with Gasteiger partial charge in [-0.05, 0) is 27.7 Å². The second-order valence-electron chi connectivity index (χ2n) is 8.02. The molecule has 2 heterocycles. The van der Waals surface area contributed by atoms with Crippen LogP contribution >= 0.6 is 0 Å². The van der Waals surface area contributed by atoms with E-state index in [2.05, 4.69) is 24.5 Å². The topological polar surface area (TPSA) is 155 Å². The summed E-state index contributed by atoms with van der Waals surface area (Å²) >= 11 is 0. The zero-order valence-electron chi connectivity index (χ0n) is 18.5. The van der Waals surface area contributed by atoms with Crippen molar-refractivity contribution in [2.24, 2.45) is 0 Å². The zero-order valence-corrected chi connectivity index (χ0v) is 19.3. The number of carbonyl (C=O) groups is 2. The van der Waals surface area contributed by atoms with Crippen molar-refractivity contribution in [3.8, 4) is 0 Å². The summed E-state index contributed by atoms with van der Waals surface area (Å²) in [6.07, 6.45) is 0. The van der Waals surface area contributed by atoms with Crippen molar-refractivity contribution < 1.29 is 48.8 Å². The van der Waals surface area contributed by atoms with Gasteiger partial charge in [-0.1, -0.05) is 10.3 Å². The van der Waals surface area contributed by atoms with Crippen LogP contribution in [0.25, 0.3) is 0 Å². The molecule has 0 amide bonds. The van der Waals surface area contributed by atoms with Crippen molar-refractivity contribution >= 4 is 21.7 Å². The number of hydrogen-bond acceptors (Lipinski definition) is 11. The molecular formula is C17H22F4N4O7S. The highest BCUT2D eigenvalue weighted by Gasteiger charge is 2.48. The predicted octanol–water partition coefficient (Wildman–Crippen LogP) is 2.94. The van der Waals surface area contributed by atoms with Crippen molar-refractivity contribution in [1.29, 1.82) is 0 Å². The molecule has 186 valence electrons. The molecule has 0 saturated heterocycles. The molecule has 0 aromatic carbocycles. The Hall–Kier alpha value is -2.75. The summed E-state index contributed by atoms with van der Waals surface area (Å²) < 4.78 is 83.7. The van der Waals surface area contributed by atoms with E-state index in [0.717, 1.165) is 0 Å². The fourth-order valence-corrected chi connectivity index (χ4v) is 2.28. The molecule has 0 atom stereocenters. The molecular weight excluding hydrogens is 480 g/mol. The normalized spacial score (nSPS) is 12.8. The van der Waals surface area contributed by atoms with Gasteiger partial charge < -0.3 is 9.05 Å². The summed E-state index contributed by atoms with van der Waals surface area (Å²) in [6.45, 7) is 6.95. The largest absolute Gasteiger partial charge is 0.523 e. The van der Waals surface area contributed by atoms with Crippen molar-refractivity contribution in [1.82, 2.24) is 20.3 Å². The number of aromatic nitrogens is 4. The van der Waals surface area contributed by atoms with E-state index in [9.17, 15) is 35.6 Å². The first-order valence-corrected chi connectivity index (χ1v) is 10.5. The number of carbonyl (C=O) groups excluding carboxylic acids is 2. The van der Waals surface area contributed by atoms with E-state index in [1.165, 1.54) is 27.7 Å². The number of halogens is 4. The van der Waals surface area contributed by atoms with Crippen LogP contribution in [0.5, 0.6) is 0 Å². The quantitative estimate of drug-likeness (QED) is 0.226. The molecule has 0 N–H and O–H groups in total. The molecule has 2 rings (SSSR count). The van der Waals surface area contributed by atoms with Gasteiger partial charge in [0.15, 0.2) is 0 Å². The van der Waals surface area contributed by atoms with Crippen LogP contribution in [-0.4, -0.2) is 59.1 Å². The molecule has 0 radical (unpaired) electrons. The van der Waals surface area contributed by atoms with Crippen LogP contribution in [0.2, 0.25) is 0 Å². The van der Waals surface area contributed by atoms with Crippen LogP contribution in [0.3, 0.4) is 0 Å².